The predicted molar refractivity (Wildman–Crippen MR) is 29.9 cm³/mol. The quantitative estimate of drug-likeness (QED) is 0.218. The standard InChI is InChI=1S/C5H8O5/c1-2-10-4(7)5(8,9)3-6/h3,8-9H,2H2,1H3. The van der Waals surface area contributed by atoms with Crippen molar-refractivity contribution in [1.29, 1.82) is 0 Å². The highest BCUT2D eigenvalue weighted by atomic mass is 16.6. The van der Waals surface area contributed by atoms with Gasteiger partial charge in [0.2, 0.25) is 0 Å². The molecule has 0 aromatic rings. The second-order valence-corrected chi connectivity index (χ2v) is 1.56. The van der Waals surface area contributed by atoms with Gasteiger partial charge in [-0.2, -0.15) is 0 Å². The van der Waals surface area contributed by atoms with E-state index in [1.165, 1.54) is 6.92 Å². The molecule has 0 aromatic carbocycles. The first-order chi connectivity index (χ1) is 4.54. The summed E-state index contributed by atoms with van der Waals surface area (Å²) in [6, 6.07) is 0. The minimum absolute atomic E-state index is 0.00442. The molecule has 0 aromatic heterocycles. The van der Waals surface area contributed by atoms with Crippen LogP contribution in [0.2, 0.25) is 0 Å². The molecule has 58 valence electrons. The van der Waals surface area contributed by atoms with Crippen LogP contribution < -0.4 is 0 Å². The zero-order chi connectivity index (χ0) is 8.20. The Hall–Kier alpha value is -0.940. The number of carbonyl (C=O) groups excluding carboxylic acids is 2. The minimum Gasteiger partial charge on any atom is -0.462 e. The first-order valence-electron chi connectivity index (χ1n) is 2.63. The van der Waals surface area contributed by atoms with E-state index in [-0.39, 0.29) is 12.9 Å². The van der Waals surface area contributed by atoms with E-state index in [1.807, 2.05) is 0 Å². The molecule has 0 rings (SSSR count). The lowest BCUT2D eigenvalue weighted by atomic mass is 10.3. The van der Waals surface area contributed by atoms with E-state index < -0.39 is 11.8 Å². The monoisotopic (exact) mass is 148 g/mol. The largest absolute Gasteiger partial charge is 0.462 e. The summed E-state index contributed by atoms with van der Waals surface area (Å²) in [4.78, 5) is 20.1. The van der Waals surface area contributed by atoms with Crippen molar-refractivity contribution in [3.8, 4) is 0 Å². The molecule has 0 bridgehead atoms. The number of aldehydes is 1. The summed E-state index contributed by atoms with van der Waals surface area (Å²) in [5.74, 6) is -4.35. The van der Waals surface area contributed by atoms with Crippen molar-refractivity contribution in [2.75, 3.05) is 6.61 Å². The number of ether oxygens (including phenoxy) is 1. The van der Waals surface area contributed by atoms with E-state index in [1.54, 1.807) is 0 Å². The van der Waals surface area contributed by atoms with Crippen LogP contribution in [-0.4, -0.2) is 34.9 Å². The molecule has 10 heavy (non-hydrogen) atoms. The average molecular weight is 148 g/mol. The summed E-state index contributed by atoms with van der Waals surface area (Å²) in [6.45, 7) is 1.48. The maximum atomic E-state index is 10.3. The predicted octanol–water partition coefficient (Wildman–Crippen LogP) is -1.57. The Labute approximate surface area is 57.2 Å². The third kappa shape index (κ3) is 2.12. The molecule has 0 atom stereocenters. The summed E-state index contributed by atoms with van der Waals surface area (Å²) < 4.78 is 4.13. The van der Waals surface area contributed by atoms with Gasteiger partial charge in [-0.15, -0.1) is 0 Å². The summed E-state index contributed by atoms with van der Waals surface area (Å²) in [5, 5.41) is 16.9. The Balaban J connectivity index is 4.04. The maximum Gasteiger partial charge on any atom is 0.374 e. The highest BCUT2D eigenvalue weighted by Gasteiger charge is 2.34. The van der Waals surface area contributed by atoms with Crippen LogP contribution >= 0.6 is 0 Å². The molecule has 0 saturated heterocycles. The van der Waals surface area contributed by atoms with Gasteiger partial charge >= 0.3 is 11.8 Å². The van der Waals surface area contributed by atoms with Crippen LogP contribution in [-0.2, 0) is 14.3 Å². The number of aliphatic hydroxyl groups is 2. The summed E-state index contributed by atoms with van der Waals surface area (Å²) in [7, 11) is 0. The Bertz CT molecular complexity index is 139. The molecule has 5 heteroatoms. The molecule has 0 fully saturated rings. The zero-order valence-electron chi connectivity index (χ0n) is 5.40. The van der Waals surface area contributed by atoms with Crippen molar-refractivity contribution in [2.45, 2.75) is 12.7 Å². The van der Waals surface area contributed by atoms with Gasteiger partial charge in [-0.3, -0.25) is 4.79 Å². The van der Waals surface area contributed by atoms with E-state index in [0.29, 0.717) is 0 Å². The van der Waals surface area contributed by atoms with Crippen molar-refractivity contribution >= 4 is 12.3 Å². The molecule has 0 amide bonds. The molecule has 0 unspecified atom stereocenters. The smallest absolute Gasteiger partial charge is 0.374 e. The van der Waals surface area contributed by atoms with Crippen molar-refractivity contribution in [3.63, 3.8) is 0 Å². The fourth-order valence-electron chi connectivity index (χ4n) is 0.285. The molecule has 0 radical (unpaired) electrons. The molecule has 5 nitrogen and oxygen atoms in total. The van der Waals surface area contributed by atoms with Crippen LogP contribution in [0.25, 0.3) is 0 Å². The molecule has 0 aliphatic heterocycles. The van der Waals surface area contributed by atoms with Crippen LogP contribution in [0.5, 0.6) is 0 Å². The SMILES string of the molecule is CCOC(=O)C(O)(O)C=O. The summed E-state index contributed by atoms with van der Waals surface area (Å²) in [6.07, 6.45) is -0.301. The second-order valence-electron chi connectivity index (χ2n) is 1.56. The Morgan fingerprint density at radius 2 is 2.20 bits per heavy atom. The number of esters is 1. The van der Waals surface area contributed by atoms with Crippen LogP contribution in [0.1, 0.15) is 6.92 Å². The average Bonchev–Trinajstić information content (AvgIpc) is 1.89. The van der Waals surface area contributed by atoms with Crippen molar-refractivity contribution < 1.29 is 24.5 Å². The number of carbonyl (C=O) groups is 2. The van der Waals surface area contributed by atoms with Gasteiger partial charge in [0, 0.05) is 0 Å². The maximum absolute atomic E-state index is 10.3. The second kappa shape index (κ2) is 3.28. The molecule has 0 spiro atoms. The van der Waals surface area contributed by atoms with E-state index in [2.05, 4.69) is 4.74 Å². The highest BCUT2D eigenvalue weighted by molar-refractivity contribution is 5.93. The number of rotatable bonds is 3. The van der Waals surface area contributed by atoms with Gasteiger partial charge < -0.3 is 14.9 Å². The van der Waals surface area contributed by atoms with Crippen LogP contribution in [0.4, 0.5) is 0 Å². The van der Waals surface area contributed by atoms with Crippen LogP contribution in [0.3, 0.4) is 0 Å². The third-order valence-corrected chi connectivity index (χ3v) is 0.740. The van der Waals surface area contributed by atoms with Gasteiger partial charge in [-0.05, 0) is 6.92 Å². The molecular weight excluding hydrogens is 140 g/mol. The highest BCUT2D eigenvalue weighted by Crippen LogP contribution is 1.96. The lowest BCUT2D eigenvalue weighted by molar-refractivity contribution is -0.201. The topological polar surface area (TPSA) is 83.8 Å². The summed E-state index contributed by atoms with van der Waals surface area (Å²) in [5.41, 5.74) is 0. The van der Waals surface area contributed by atoms with E-state index in [4.69, 9.17) is 10.2 Å². The summed E-state index contributed by atoms with van der Waals surface area (Å²) >= 11 is 0. The normalized spacial score (nSPS) is 10.7. The van der Waals surface area contributed by atoms with Crippen molar-refractivity contribution in [3.05, 3.63) is 0 Å². The minimum atomic E-state index is -2.99. The Kier molecular flexibility index (Phi) is 2.98. The Morgan fingerprint density at radius 1 is 1.70 bits per heavy atom. The fraction of sp³-hybridized carbons (Fsp3) is 0.600. The molecule has 0 saturated carbocycles. The zero-order valence-corrected chi connectivity index (χ0v) is 5.40. The van der Waals surface area contributed by atoms with Crippen LogP contribution in [0.15, 0.2) is 0 Å². The van der Waals surface area contributed by atoms with E-state index >= 15 is 0 Å². The van der Waals surface area contributed by atoms with E-state index in [0.717, 1.165) is 0 Å². The number of hydrogen-bond acceptors (Lipinski definition) is 5. The Morgan fingerprint density at radius 3 is 2.50 bits per heavy atom. The first kappa shape index (κ1) is 9.06. The lowest BCUT2D eigenvalue weighted by Gasteiger charge is -2.10. The third-order valence-electron chi connectivity index (χ3n) is 0.740. The van der Waals surface area contributed by atoms with Gasteiger partial charge in [-0.25, -0.2) is 4.79 Å². The van der Waals surface area contributed by atoms with Crippen LogP contribution in [0, 0.1) is 0 Å². The first-order valence-corrected chi connectivity index (χ1v) is 2.63. The van der Waals surface area contributed by atoms with Crippen molar-refractivity contribution in [1.82, 2.24) is 0 Å². The molecule has 0 aliphatic rings. The molecule has 0 heterocycles. The molecule has 0 aliphatic carbocycles. The van der Waals surface area contributed by atoms with Gasteiger partial charge in [0.1, 0.15) is 0 Å². The van der Waals surface area contributed by atoms with Gasteiger partial charge in [-0.1, -0.05) is 0 Å². The molecular formula is C5H8O5. The lowest BCUT2D eigenvalue weighted by Crippen LogP contribution is -2.41. The van der Waals surface area contributed by atoms with E-state index in [9.17, 15) is 9.59 Å². The van der Waals surface area contributed by atoms with Gasteiger partial charge in [0.05, 0.1) is 6.61 Å². The molecule has 2 N–H and O–H groups in total. The number of hydrogen-bond donors (Lipinski definition) is 2. The van der Waals surface area contributed by atoms with Crippen molar-refractivity contribution in [2.24, 2.45) is 0 Å². The van der Waals surface area contributed by atoms with Gasteiger partial charge in [0.15, 0.2) is 6.29 Å². The van der Waals surface area contributed by atoms with Gasteiger partial charge in [0.25, 0.3) is 0 Å². The fourth-order valence-corrected chi connectivity index (χ4v) is 0.285.